The van der Waals surface area contributed by atoms with Crippen LogP contribution >= 0.6 is 0 Å². The van der Waals surface area contributed by atoms with Gasteiger partial charge < -0.3 is 10.1 Å². The van der Waals surface area contributed by atoms with Crippen LogP contribution in [0.25, 0.3) is 0 Å². The Bertz CT molecular complexity index is 256. The molecule has 2 rings (SSSR count). The summed E-state index contributed by atoms with van der Waals surface area (Å²) in [5.41, 5.74) is 0. The number of carbonyl (C=O) groups excluding carboxylic acids is 1. The first-order valence-electron chi connectivity index (χ1n) is 7.04. The lowest BCUT2D eigenvalue weighted by Crippen LogP contribution is -2.63. The summed E-state index contributed by atoms with van der Waals surface area (Å²) in [5.74, 6) is 0. The van der Waals surface area contributed by atoms with Crippen LogP contribution in [0.5, 0.6) is 0 Å². The molecular formula is C13H25N2O2+. The molecule has 0 aromatic heterocycles. The Kier molecular flexibility index (Phi) is 4.40. The Balaban J connectivity index is 2.12. The smallest absolute Gasteiger partial charge is 0.420 e. The lowest BCUT2D eigenvalue weighted by molar-refractivity contribution is -0.888. The summed E-state index contributed by atoms with van der Waals surface area (Å²) in [7, 11) is 0. The van der Waals surface area contributed by atoms with Crippen molar-refractivity contribution in [2.24, 2.45) is 0 Å². The molecule has 2 aliphatic rings. The first kappa shape index (κ1) is 12.8. The number of likely N-dealkylation sites (tertiary alicyclic amines) is 1. The average molecular weight is 241 g/mol. The van der Waals surface area contributed by atoms with E-state index in [4.69, 9.17) is 4.74 Å². The van der Waals surface area contributed by atoms with Gasteiger partial charge in [-0.05, 0) is 26.2 Å². The largest absolute Gasteiger partial charge is 0.516 e. The van der Waals surface area contributed by atoms with Gasteiger partial charge in [0.2, 0.25) is 0 Å². The van der Waals surface area contributed by atoms with Crippen molar-refractivity contribution in [1.29, 1.82) is 0 Å². The first-order chi connectivity index (χ1) is 8.29. The molecule has 98 valence electrons. The van der Waals surface area contributed by atoms with E-state index in [1.54, 1.807) is 0 Å². The molecule has 2 aliphatic heterocycles. The normalized spacial score (nSPS) is 25.5. The van der Waals surface area contributed by atoms with Crippen LogP contribution in [-0.4, -0.2) is 49.4 Å². The second-order valence-electron chi connectivity index (χ2n) is 5.22. The number of rotatable bonds is 2. The number of piperidine rings is 2. The molecule has 0 spiro atoms. The number of nitrogens with one attached hydrogen (secondary N) is 1. The van der Waals surface area contributed by atoms with Crippen molar-refractivity contribution in [2.45, 2.75) is 45.1 Å². The summed E-state index contributed by atoms with van der Waals surface area (Å²) in [4.78, 5) is 12.3. The number of hydrogen-bond donors (Lipinski definition) is 1. The molecule has 1 N–H and O–H groups in total. The van der Waals surface area contributed by atoms with Gasteiger partial charge in [0.05, 0.1) is 19.7 Å². The fraction of sp³-hybridized carbons (Fsp3) is 0.923. The highest BCUT2D eigenvalue weighted by atomic mass is 16.6. The molecule has 0 unspecified atom stereocenters. The van der Waals surface area contributed by atoms with E-state index >= 15 is 0 Å². The van der Waals surface area contributed by atoms with Crippen LogP contribution in [0.4, 0.5) is 4.79 Å². The van der Waals surface area contributed by atoms with E-state index in [1.165, 1.54) is 19.3 Å². The molecule has 2 saturated heterocycles. The summed E-state index contributed by atoms with van der Waals surface area (Å²) >= 11 is 0. The molecule has 0 aromatic rings. The third-order valence-electron chi connectivity index (χ3n) is 4.25. The van der Waals surface area contributed by atoms with Gasteiger partial charge in [0.25, 0.3) is 0 Å². The van der Waals surface area contributed by atoms with Crippen LogP contribution < -0.4 is 5.32 Å². The van der Waals surface area contributed by atoms with Crippen molar-refractivity contribution < 1.29 is 14.0 Å². The molecule has 17 heavy (non-hydrogen) atoms. The Hall–Kier alpha value is -0.610. The van der Waals surface area contributed by atoms with Crippen molar-refractivity contribution >= 4 is 6.09 Å². The minimum Gasteiger partial charge on any atom is -0.420 e. The Morgan fingerprint density at radius 1 is 1.24 bits per heavy atom. The van der Waals surface area contributed by atoms with Crippen LogP contribution in [0.15, 0.2) is 0 Å². The fourth-order valence-electron chi connectivity index (χ4n) is 3.33. The second kappa shape index (κ2) is 5.83. The number of ether oxygens (including phenoxy) is 1. The zero-order valence-corrected chi connectivity index (χ0v) is 10.9. The van der Waals surface area contributed by atoms with E-state index in [1.807, 2.05) is 6.92 Å². The highest BCUT2D eigenvalue weighted by Gasteiger charge is 2.46. The van der Waals surface area contributed by atoms with Crippen LogP contribution in [0, 0.1) is 0 Å². The molecule has 1 amide bonds. The molecule has 0 aromatic carbocycles. The monoisotopic (exact) mass is 241 g/mol. The van der Waals surface area contributed by atoms with E-state index in [0.717, 1.165) is 39.0 Å². The number of carbonyl (C=O) groups is 1. The van der Waals surface area contributed by atoms with Gasteiger partial charge in [0.15, 0.2) is 0 Å². The number of amides is 1. The maximum atomic E-state index is 12.3. The quantitative estimate of drug-likeness (QED) is 0.750. The van der Waals surface area contributed by atoms with Gasteiger partial charge in [-0.15, -0.1) is 0 Å². The molecule has 0 bridgehead atoms. The van der Waals surface area contributed by atoms with E-state index in [2.05, 4.69) is 5.32 Å². The van der Waals surface area contributed by atoms with Crippen molar-refractivity contribution in [2.75, 3.05) is 32.8 Å². The molecule has 0 saturated carbocycles. The van der Waals surface area contributed by atoms with Gasteiger partial charge in [-0.3, -0.25) is 0 Å². The third-order valence-corrected chi connectivity index (χ3v) is 4.25. The van der Waals surface area contributed by atoms with Crippen molar-refractivity contribution in [3.05, 3.63) is 0 Å². The lowest BCUT2D eigenvalue weighted by atomic mass is 9.97. The average Bonchev–Trinajstić information content (AvgIpc) is 2.41. The Labute approximate surface area is 104 Å². The minimum absolute atomic E-state index is 0.0269. The summed E-state index contributed by atoms with van der Waals surface area (Å²) in [6, 6.07) is 0.482. The van der Waals surface area contributed by atoms with Crippen LogP contribution in [0.1, 0.15) is 39.0 Å². The zero-order valence-electron chi connectivity index (χ0n) is 10.9. The Morgan fingerprint density at radius 2 is 1.88 bits per heavy atom. The van der Waals surface area contributed by atoms with Gasteiger partial charge in [-0.25, -0.2) is 4.48 Å². The standard InChI is InChI=1S/C13H25N2O2/c1-2-17-13(16)15(10-4-3-5-11-15)12-6-8-14-9-7-12/h12,14H,2-11H2,1H3/q+1. The van der Waals surface area contributed by atoms with Crippen molar-refractivity contribution in [3.63, 3.8) is 0 Å². The predicted molar refractivity (Wildman–Crippen MR) is 66.8 cm³/mol. The van der Waals surface area contributed by atoms with Crippen LogP contribution in [0.3, 0.4) is 0 Å². The zero-order chi connectivity index (χ0) is 12.1. The molecule has 4 heteroatoms. The molecule has 0 atom stereocenters. The summed E-state index contributed by atoms with van der Waals surface area (Å²) < 4.78 is 5.96. The maximum absolute atomic E-state index is 12.3. The third kappa shape index (κ3) is 2.63. The molecule has 2 heterocycles. The van der Waals surface area contributed by atoms with Gasteiger partial charge >= 0.3 is 6.09 Å². The van der Waals surface area contributed by atoms with E-state index in [0.29, 0.717) is 17.1 Å². The van der Waals surface area contributed by atoms with Gasteiger partial charge in [-0.1, -0.05) is 0 Å². The van der Waals surface area contributed by atoms with Gasteiger partial charge in [0, 0.05) is 25.9 Å². The number of hydrogen-bond acceptors (Lipinski definition) is 3. The number of nitrogens with zero attached hydrogens (tertiary/aromatic N) is 1. The van der Waals surface area contributed by atoms with Crippen molar-refractivity contribution in [3.8, 4) is 0 Å². The Morgan fingerprint density at radius 3 is 2.47 bits per heavy atom. The molecular weight excluding hydrogens is 216 g/mol. The van der Waals surface area contributed by atoms with E-state index in [9.17, 15) is 4.79 Å². The topological polar surface area (TPSA) is 38.3 Å². The summed E-state index contributed by atoms with van der Waals surface area (Å²) in [6.45, 7) is 6.48. The maximum Gasteiger partial charge on any atom is 0.516 e. The summed E-state index contributed by atoms with van der Waals surface area (Å²) in [6.07, 6.45) is 5.85. The highest BCUT2D eigenvalue weighted by molar-refractivity contribution is 5.60. The second-order valence-corrected chi connectivity index (χ2v) is 5.22. The minimum atomic E-state index is 0.0269. The first-order valence-corrected chi connectivity index (χ1v) is 7.04. The lowest BCUT2D eigenvalue weighted by Gasteiger charge is -2.44. The summed E-state index contributed by atoms with van der Waals surface area (Å²) in [5, 5.41) is 3.38. The van der Waals surface area contributed by atoms with E-state index < -0.39 is 0 Å². The van der Waals surface area contributed by atoms with Crippen molar-refractivity contribution in [1.82, 2.24) is 5.32 Å². The molecule has 2 fully saturated rings. The van der Waals surface area contributed by atoms with Crippen LogP contribution in [-0.2, 0) is 4.74 Å². The predicted octanol–water partition coefficient (Wildman–Crippen LogP) is 1.90. The fourth-order valence-corrected chi connectivity index (χ4v) is 3.33. The number of quaternary nitrogens is 1. The van der Waals surface area contributed by atoms with Gasteiger partial charge in [-0.2, -0.15) is 4.79 Å². The molecule has 0 aliphatic carbocycles. The molecule has 4 nitrogen and oxygen atoms in total. The van der Waals surface area contributed by atoms with Crippen LogP contribution in [0.2, 0.25) is 0 Å². The van der Waals surface area contributed by atoms with E-state index in [-0.39, 0.29) is 6.09 Å². The SMILES string of the molecule is CCOC(=O)[N+]1(C2CCNCC2)CCCCC1. The van der Waals surface area contributed by atoms with Gasteiger partial charge in [0.1, 0.15) is 6.04 Å². The molecule has 0 radical (unpaired) electrons. The highest BCUT2D eigenvalue weighted by Crippen LogP contribution is 2.29.